The second kappa shape index (κ2) is 8.71. The number of hydrogen-bond donors (Lipinski definition) is 1. The minimum atomic E-state index is -0.550. The maximum absolute atomic E-state index is 13.5. The van der Waals surface area contributed by atoms with Crippen molar-refractivity contribution in [2.24, 2.45) is 4.99 Å². The number of methoxy groups -OCH3 is 1. The Morgan fingerprint density at radius 2 is 1.91 bits per heavy atom. The summed E-state index contributed by atoms with van der Waals surface area (Å²) >= 11 is 1.27. The number of carbonyl (C=O) groups is 1. The minimum absolute atomic E-state index is 0.0269. The lowest BCUT2D eigenvalue weighted by Gasteiger charge is -2.25. The Morgan fingerprint density at radius 3 is 2.52 bits per heavy atom. The topological polar surface area (TPSA) is 84.1 Å². The minimum Gasteiger partial charge on any atom is -0.504 e. The van der Waals surface area contributed by atoms with Crippen LogP contribution >= 0.6 is 11.3 Å². The monoisotopic (exact) mass is 463 g/mol. The Labute approximate surface area is 195 Å². The quantitative estimate of drug-likeness (QED) is 0.629. The molecule has 2 heterocycles. The van der Waals surface area contributed by atoms with E-state index in [0.717, 1.165) is 11.3 Å². The van der Waals surface area contributed by atoms with E-state index in [4.69, 9.17) is 4.74 Å². The molecule has 0 bridgehead atoms. The molecule has 8 heteroatoms. The van der Waals surface area contributed by atoms with Gasteiger partial charge in [-0.3, -0.25) is 14.2 Å². The fraction of sp³-hybridized carbons (Fsp3) is 0.240. The molecule has 0 amide bonds. The van der Waals surface area contributed by atoms with Crippen molar-refractivity contribution in [3.8, 4) is 11.5 Å². The SMILES string of the molecule is COc1cc(/C=c2/sc3n(c2=O)[C@@H](c2ccc(N(C)C)cc2)C(C(C)=O)=C(C)N=3)ccc1O. The van der Waals surface area contributed by atoms with Crippen LogP contribution in [-0.4, -0.2) is 36.7 Å². The largest absolute Gasteiger partial charge is 0.504 e. The van der Waals surface area contributed by atoms with Crippen LogP contribution in [-0.2, 0) is 4.79 Å². The number of phenolic OH excluding ortho intramolecular Hbond substituents is 1. The van der Waals surface area contributed by atoms with Gasteiger partial charge >= 0.3 is 0 Å². The number of aromatic nitrogens is 1. The highest BCUT2D eigenvalue weighted by atomic mass is 32.1. The molecule has 0 spiro atoms. The number of carbonyl (C=O) groups excluding carboxylic acids is 1. The van der Waals surface area contributed by atoms with Crippen LogP contribution in [0.2, 0.25) is 0 Å². The summed E-state index contributed by atoms with van der Waals surface area (Å²) in [6, 6.07) is 12.2. The molecule has 1 atom stereocenters. The molecule has 170 valence electrons. The molecular formula is C25H25N3O4S. The van der Waals surface area contributed by atoms with E-state index in [2.05, 4.69) is 4.99 Å². The van der Waals surface area contributed by atoms with Crippen LogP contribution in [0.5, 0.6) is 11.5 Å². The van der Waals surface area contributed by atoms with E-state index >= 15 is 0 Å². The zero-order chi connectivity index (χ0) is 23.9. The Balaban J connectivity index is 1.92. The van der Waals surface area contributed by atoms with Gasteiger partial charge in [0.25, 0.3) is 5.56 Å². The van der Waals surface area contributed by atoms with Gasteiger partial charge in [-0.15, -0.1) is 0 Å². The average molecular weight is 464 g/mol. The first kappa shape index (κ1) is 22.5. The molecule has 4 rings (SSSR count). The van der Waals surface area contributed by atoms with Gasteiger partial charge in [-0.25, -0.2) is 4.99 Å². The molecule has 3 aromatic rings. The van der Waals surface area contributed by atoms with Gasteiger partial charge in [0, 0.05) is 31.1 Å². The van der Waals surface area contributed by atoms with Crippen LogP contribution in [0.1, 0.15) is 31.0 Å². The van der Waals surface area contributed by atoms with Gasteiger partial charge in [-0.05, 0) is 55.3 Å². The van der Waals surface area contributed by atoms with Crippen molar-refractivity contribution in [1.29, 1.82) is 0 Å². The van der Waals surface area contributed by atoms with Crippen molar-refractivity contribution in [3.63, 3.8) is 0 Å². The first-order valence-corrected chi connectivity index (χ1v) is 11.2. The summed E-state index contributed by atoms with van der Waals surface area (Å²) in [5.74, 6) is 0.236. The number of ketones is 1. The lowest BCUT2D eigenvalue weighted by molar-refractivity contribution is -0.114. The van der Waals surface area contributed by atoms with E-state index in [-0.39, 0.29) is 17.1 Å². The van der Waals surface area contributed by atoms with Crippen LogP contribution in [0.15, 0.2) is 63.5 Å². The molecule has 1 aliphatic rings. The van der Waals surface area contributed by atoms with Gasteiger partial charge in [-0.1, -0.05) is 29.5 Å². The maximum Gasteiger partial charge on any atom is 0.271 e. The molecule has 0 saturated carbocycles. The fourth-order valence-corrected chi connectivity index (χ4v) is 5.02. The highest BCUT2D eigenvalue weighted by Crippen LogP contribution is 2.31. The van der Waals surface area contributed by atoms with Crippen molar-refractivity contribution < 1.29 is 14.6 Å². The molecule has 1 aliphatic heterocycles. The van der Waals surface area contributed by atoms with E-state index in [1.54, 1.807) is 29.7 Å². The van der Waals surface area contributed by atoms with Crippen LogP contribution in [0.25, 0.3) is 6.08 Å². The number of hydrogen-bond acceptors (Lipinski definition) is 7. The van der Waals surface area contributed by atoms with E-state index in [1.165, 1.54) is 31.4 Å². The molecule has 0 fully saturated rings. The summed E-state index contributed by atoms with van der Waals surface area (Å²) in [5, 5.41) is 9.86. The third kappa shape index (κ3) is 4.09. The zero-order valence-corrected chi connectivity index (χ0v) is 19.9. The first-order chi connectivity index (χ1) is 15.7. The van der Waals surface area contributed by atoms with Gasteiger partial charge in [0.15, 0.2) is 22.1 Å². The van der Waals surface area contributed by atoms with Crippen molar-refractivity contribution in [2.75, 3.05) is 26.1 Å². The van der Waals surface area contributed by atoms with Crippen molar-refractivity contribution in [3.05, 3.63) is 84.5 Å². The lowest BCUT2D eigenvalue weighted by Crippen LogP contribution is -2.39. The Bertz CT molecular complexity index is 1450. The number of nitrogens with zero attached hydrogens (tertiary/aromatic N) is 3. The molecular weight excluding hydrogens is 438 g/mol. The summed E-state index contributed by atoms with van der Waals surface area (Å²) in [6.07, 6.45) is 1.74. The number of thiazole rings is 1. The molecule has 33 heavy (non-hydrogen) atoms. The van der Waals surface area contributed by atoms with E-state index < -0.39 is 6.04 Å². The highest BCUT2D eigenvalue weighted by Gasteiger charge is 2.30. The van der Waals surface area contributed by atoms with Crippen molar-refractivity contribution >= 4 is 28.9 Å². The number of allylic oxidation sites excluding steroid dienone is 2. The maximum atomic E-state index is 13.5. The van der Waals surface area contributed by atoms with E-state index in [9.17, 15) is 14.7 Å². The van der Waals surface area contributed by atoms with Gasteiger partial charge < -0.3 is 14.7 Å². The molecule has 7 nitrogen and oxygen atoms in total. The number of ether oxygens (including phenoxy) is 1. The van der Waals surface area contributed by atoms with Crippen LogP contribution in [0.4, 0.5) is 5.69 Å². The van der Waals surface area contributed by atoms with Gasteiger partial charge in [-0.2, -0.15) is 0 Å². The summed E-state index contributed by atoms with van der Waals surface area (Å²) in [6.45, 7) is 3.31. The fourth-order valence-electron chi connectivity index (χ4n) is 3.98. The van der Waals surface area contributed by atoms with E-state index in [0.29, 0.717) is 31.9 Å². The third-order valence-electron chi connectivity index (χ3n) is 5.63. The van der Waals surface area contributed by atoms with Crippen LogP contribution in [0, 0.1) is 0 Å². The molecule has 0 radical (unpaired) electrons. The molecule has 1 N–H and O–H groups in total. The first-order valence-electron chi connectivity index (χ1n) is 10.4. The van der Waals surface area contributed by atoms with Crippen LogP contribution in [0.3, 0.4) is 0 Å². The number of Topliss-reactive ketones (excluding diaryl/α,β-unsaturated/α-hetero) is 1. The Kier molecular flexibility index (Phi) is 5.95. The van der Waals surface area contributed by atoms with Gasteiger partial charge in [0.2, 0.25) is 0 Å². The number of phenols is 1. The standard InChI is InChI=1S/C25H25N3O4S/c1-14-22(15(2)29)23(17-7-9-18(10-8-17)27(3)4)28-24(31)21(33-25(28)26-14)13-16-6-11-19(30)20(12-16)32-5/h6-13,23,30H,1-5H3/b21-13+/t23-/m0/s1. The molecule has 2 aromatic carbocycles. The molecule has 0 aliphatic carbocycles. The normalized spacial score (nSPS) is 15.8. The number of fused-ring (bicyclic) bond motifs is 1. The summed E-state index contributed by atoms with van der Waals surface area (Å²) in [5.41, 5.74) is 3.49. The summed E-state index contributed by atoms with van der Waals surface area (Å²) < 4.78 is 7.25. The zero-order valence-electron chi connectivity index (χ0n) is 19.1. The van der Waals surface area contributed by atoms with Crippen LogP contribution < -0.4 is 24.5 Å². The number of anilines is 1. The second-order valence-electron chi connectivity index (χ2n) is 8.06. The van der Waals surface area contributed by atoms with Gasteiger partial charge in [0.1, 0.15) is 0 Å². The number of rotatable bonds is 5. The predicted molar refractivity (Wildman–Crippen MR) is 130 cm³/mol. The van der Waals surface area contributed by atoms with Gasteiger partial charge in [0.05, 0.1) is 17.7 Å². The highest BCUT2D eigenvalue weighted by molar-refractivity contribution is 7.07. The van der Waals surface area contributed by atoms with E-state index in [1.807, 2.05) is 43.3 Å². The lowest BCUT2D eigenvalue weighted by atomic mass is 9.93. The van der Waals surface area contributed by atoms with Crippen molar-refractivity contribution in [1.82, 2.24) is 4.57 Å². The third-order valence-corrected chi connectivity index (χ3v) is 6.61. The number of aromatic hydroxyl groups is 1. The summed E-state index contributed by atoms with van der Waals surface area (Å²) in [4.78, 5) is 33.3. The Morgan fingerprint density at radius 1 is 1.21 bits per heavy atom. The number of benzene rings is 2. The summed E-state index contributed by atoms with van der Waals surface area (Å²) in [7, 11) is 5.39. The average Bonchev–Trinajstić information content (AvgIpc) is 3.08. The molecule has 0 unspecified atom stereocenters. The Hall–Kier alpha value is -3.65. The predicted octanol–water partition coefficient (Wildman–Crippen LogP) is 2.60. The molecule has 1 aromatic heterocycles. The molecule has 0 saturated heterocycles. The smallest absolute Gasteiger partial charge is 0.271 e. The second-order valence-corrected chi connectivity index (χ2v) is 9.06. The van der Waals surface area contributed by atoms with Crippen molar-refractivity contribution in [2.45, 2.75) is 19.9 Å².